The van der Waals surface area contributed by atoms with Crippen molar-refractivity contribution >= 4 is 44.5 Å². The van der Waals surface area contributed by atoms with Gasteiger partial charge in [-0.25, -0.2) is 4.98 Å². The Labute approximate surface area is 178 Å². The van der Waals surface area contributed by atoms with E-state index in [-0.39, 0.29) is 18.7 Å². The minimum Gasteiger partial charge on any atom is -0.468 e. The molecule has 4 aromatic rings. The van der Waals surface area contributed by atoms with Crippen molar-refractivity contribution in [2.75, 3.05) is 14.2 Å². The Kier molecular flexibility index (Phi) is 5.22. The van der Waals surface area contributed by atoms with E-state index in [1.165, 1.54) is 14.2 Å². The first-order valence-corrected chi connectivity index (χ1v) is 9.63. The number of rotatable bonds is 5. The fraction of sp³-hybridized carbons (Fsp3) is 0.208. The lowest BCUT2D eigenvalue weighted by Gasteiger charge is -2.25. The first-order valence-electron chi connectivity index (χ1n) is 9.63. The lowest BCUT2D eigenvalue weighted by atomic mass is 9.82. The first-order chi connectivity index (χ1) is 15.1. The van der Waals surface area contributed by atoms with Crippen molar-refractivity contribution in [2.45, 2.75) is 18.3 Å². The molecule has 0 aliphatic heterocycles. The highest BCUT2D eigenvalue weighted by Gasteiger charge is 2.53. The highest BCUT2D eigenvalue weighted by molar-refractivity contribution is 6.23. The molecule has 0 spiro atoms. The average Bonchev–Trinajstić information content (AvgIpc) is 2.84. The van der Waals surface area contributed by atoms with Crippen molar-refractivity contribution in [3.05, 3.63) is 54.4 Å². The molecule has 0 unspecified atom stereocenters. The van der Waals surface area contributed by atoms with Crippen LogP contribution in [0.25, 0.3) is 32.6 Å². The van der Waals surface area contributed by atoms with E-state index in [4.69, 9.17) is 15.9 Å². The molecule has 7 nitrogen and oxygen atoms in total. The van der Waals surface area contributed by atoms with Crippen LogP contribution >= 0.6 is 0 Å². The third-order valence-corrected chi connectivity index (χ3v) is 5.44. The summed E-state index contributed by atoms with van der Waals surface area (Å²) in [4.78, 5) is 30.4. The summed E-state index contributed by atoms with van der Waals surface area (Å²) in [7, 11) is 2.38. The van der Waals surface area contributed by atoms with E-state index in [1.807, 2.05) is 48.5 Å². The number of hydrogen-bond acceptors (Lipinski definition) is 7. The highest BCUT2D eigenvalue weighted by atomic mass is 16.5. The predicted molar refractivity (Wildman–Crippen MR) is 116 cm³/mol. The number of nitrogens with zero attached hydrogens (tertiary/aromatic N) is 3. The van der Waals surface area contributed by atoms with E-state index >= 15 is 0 Å². The minimum absolute atomic E-state index is 0.0679. The lowest BCUT2D eigenvalue weighted by Crippen LogP contribution is -2.47. The van der Waals surface area contributed by atoms with Gasteiger partial charge in [-0.2, -0.15) is 0 Å². The van der Waals surface area contributed by atoms with Gasteiger partial charge < -0.3 is 9.47 Å². The van der Waals surface area contributed by atoms with Crippen molar-refractivity contribution in [1.82, 2.24) is 15.2 Å². The number of aromatic nitrogens is 3. The molecule has 0 saturated carbocycles. The van der Waals surface area contributed by atoms with Crippen molar-refractivity contribution in [1.29, 1.82) is 0 Å². The normalized spacial score (nSPS) is 11.4. The van der Waals surface area contributed by atoms with Gasteiger partial charge in [-0.15, -0.1) is 22.5 Å². The second-order valence-electron chi connectivity index (χ2n) is 7.02. The largest absolute Gasteiger partial charge is 0.468 e. The van der Waals surface area contributed by atoms with Gasteiger partial charge in [0.2, 0.25) is 5.41 Å². The van der Waals surface area contributed by atoms with Crippen LogP contribution in [-0.4, -0.2) is 41.3 Å². The maximum atomic E-state index is 12.9. The van der Waals surface area contributed by atoms with Gasteiger partial charge >= 0.3 is 11.9 Å². The Hall–Kier alpha value is -4.05. The molecule has 3 aromatic carbocycles. The lowest BCUT2D eigenvalue weighted by molar-refractivity contribution is -0.163. The maximum Gasteiger partial charge on any atom is 0.331 e. The zero-order valence-corrected chi connectivity index (χ0v) is 17.1. The maximum absolute atomic E-state index is 12.9. The number of carbonyl (C=O) groups is 2. The number of ether oxygens (including phenoxy) is 2. The zero-order chi connectivity index (χ0) is 22.0. The van der Waals surface area contributed by atoms with Crippen LogP contribution in [0.4, 0.5) is 0 Å². The summed E-state index contributed by atoms with van der Waals surface area (Å²) in [6, 6.07) is 15.6. The van der Waals surface area contributed by atoms with E-state index < -0.39 is 17.4 Å². The molecular weight excluding hydrogens is 394 g/mol. The highest BCUT2D eigenvalue weighted by Crippen LogP contribution is 2.35. The Morgan fingerprint density at radius 2 is 1.39 bits per heavy atom. The Morgan fingerprint density at radius 3 is 1.90 bits per heavy atom. The molecule has 154 valence electrons. The Bertz CT molecular complexity index is 1320. The van der Waals surface area contributed by atoms with E-state index in [9.17, 15) is 9.59 Å². The number of fused-ring (bicyclic) bond motifs is 6. The summed E-state index contributed by atoms with van der Waals surface area (Å²) in [5, 5.41) is 12.3. The third kappa shape index (κ3) is 3.04. The standard InChI is InChI=1S/C24H19N3O4/c1-4-5-14-24(22(28)30-2,23(29)31-3)21-25-19-17-12-8-6-10-15(17)16-11-7-9-13-18(16)20(19)26-27-21/h1,6-13H,5,14H2,2-3H3. The smallest absolute Gasteiger partial charge is 0.331 e. The van der Waals surface area contributed by atoms with Gasteiger partial charge in [-0.05, 0) is 17.2 Å². The molecule has 0 amide bonds. The van der Waals surface area contributed by atoms with Crippen molar-refractivity contribution in [3.8, 4) is 12.3 Å². The SMILES string of the molecule is C#CCCC(C(=O)OC)(C(=O)OC)c1nnc2c3ccccc3c3ccccc3c2n1. The van der Waals surface area contributed by atoms with Gasteiger partial charge in [0.1, 0.15) is 11.0 Å². The second-order valence-corrected chi connectivity index (χ2v) is 7.02. The number of esters is 2. The number of methoxy groups -OCH3 is 2. The molecule has 0 N–H and O–H groups in total. The van der Waals surface area contributed by atoms with Crippen LogP contribution in [-0.2, 0) is 24.5 Å². The Morgan fingerprint density at radius 1 is 0.871 bits per heavy atom. The van der Waals surface area contributed by atoms with E-state index in [1.54, 1.807) is 0 Å². The molecule has 1 heterocycles. The first kappa shape index (κ1) is 20.2. The van der Waals surface area contributed by atoms with Crippen LogP contribution in [0, 0.1) is 12.3 Å². The molecule has 0 atom stereocenters. The molecule has 31 heavy (non-hydrogen) atoms. The summed E-state index contributed by atoms with van der Waals surface area (Å²) in [5.74, 6) is 0.655. The summed E-state index contributed by atoms with van der Waals surface area (Å²) in [6.07, 6.45) is 5.46. The fourth-order valence-electron chi connectivity index (χ4n) is 3.91. The van der Waals surface area contributed by atoms with Crippen LogP contribution in [0.3, 0.4) is 0 Å². The van der Waals surface area contributed by atoms with Crippen LogP contribution in [0.5, 0.6) is 0 Å². The van der Waals surface area contributed by atoms with E-state index in [2.05, 4.69) is 21.1 Å². The molecule has 0 bridgehead atoms. The predicted octanol–water partition coefficient (Wildman–Crippen LogP) is 3.33. The van der Waals surface area contributed by atoms with Crippen molar-refractivity contribution < 1.29 is 19.1 Å². The molecule has 4 rings (SSSR count). The molecule has 0 aliphatic carbocycles. The number of hydrogen-bond donors (Lipinski definition) is 0. The van der Waals surface area contributed by atoms with Gasteiger partial charge in [-0.1, -0.05) is 48.5 Å². The molecule has 0 aliphatic rings. The van der Waals surface area contributed by atoms with Crippen LogP contribution in [0.2, 0.25) is 0 Å². The average molecular weight is 413 g/mol. The van der Waals surface area contributed by atoms with Crippen LogP contribution < -0.4 is 0 Å². The number of carbonyl (C=O) groups excluding carboxylic acids is 2. The quantitative estimate of drug-likeness (QED) is 0.214. The van der Waals surface area contributed by atoms with Gasteiger partial charge in [0.15, 0.2) is 5.82 Å². The zero-order valence-electron chi connectivity index (χ0n) is 17.1. The second kappa shape index (κ2) is 8.00. The van der Waals surface area contributed by atoms with Crippen LogP contribution in [0.15, 0.2) is 48.5 Å². The van der Waals surface area contributed by atoms with E-state index in [0.29, 0.717) is 11.0 Å². The Balaban J connectivity index is 2.11. The molecule has 1 aromatic heterocycles. The molecular formula is C24H19N3O4. The van der Waals surface area contributed by atoms with Gasteiger partial charge in [0, 0.05) is 17.2 Å². The molecule has 0 fully saturated rings. The van der Waals surface area contributed by atoms with Gasteiger partial charge in [0.05, 0.1) is 14.2 Å². The van der Waals surface area contributed by atoms with Crippen molar-refractivity contribution in [3.63, 3.8) is 0 Å². The number of benzene rings is 3. The third-order valence-electron chi connectivity index (χ3n) is 5.44. The summed E-state index contributed by atoms with van der Waals surface area (Å²) in [5.41, 5.74) is -0.820. The molecule has 7 heteroatoms. The fourth-order valence-corrected chi connectivity index (χ4v) is 3.91. The van der Waals surface area contributed by atoms with E-state index in [0.717, 1.165) is 21.5 Å². The molecule has 0 saturated heterocycles. The molecule has 0 radical (unpaired) electrons. The summed E-state index contributed by atoms with van der Waals surface area (Å²) >= 11 is 0. The summed E-state index contributed by atoms with van der Waals surface area (Å²) < 4.78 is 9.89. The van der Waals surface area contributed by atoms with Crippen LogP contribution in [0.1, 0.15) is 18.7 Å². The van der Waals surface area contributed by atoms with Crippen molar-refractivity contribution in [2.24, 2.45) is 0 Å². The topological polar surface area (TPSA) is 91.3 Å². The van der Waals surface area contributed by atoms with Gasteiger partial charge in [-0.3, -0.25) is 9.59 Å². The summed E-state index contributed by atoms with van der Waals surface area (Å²) in [6.45, 7) is 0. The van der Waals surface area contributed by atoms with Gasteiger partial charge in [0.25, 0.3) is 0 Å². The minimum atomic E-state index is -1.91. The number of terminal acetylenes is 1. The monoisotopic (exact) mass is 413 g/mol.